The fourth-order valence-corrected chi connectivity index (χ4v) is 10.3. The Hall–Kier alpha value is -6.12. The SMILES string of the molecule is CC1(C)c2ccc3c(c2-c2ccc4oc5ccccc5c4c21)c1ccccc1n3-c1ccc(C2=CC=C3c4ccccc4C4=CC=CC2C43)cc1. The molecule has 2 aromatic heterocycles. The number of allylic oxidation sites excluding steroid dienone is 8. The summed E-state index contributed by atoms with van der Waals surface area (Å²) in [7, 11) is 0. The van der Waals surface area contributed by atoms with E-state index < -0.39 is 0 Å². The lowest BCUT2D eigenvalue weighted by atomic mass is 9.72. The number of aromatic nitrogens is 1. The lowest BCUT2D eigenvalue weighted by Gasteiger charge is -2.31. The summed E-state index contributed by atoms with van der Waals surface area (Å²) in [6.45, 7) is 4.76. The molecular weight excluding hydrogens is 619 g/mol. The highest BCUT2D eigenvalue weighted by Crippen LogP contribution is 2.57. The first kappa shape index (κ1) is 27.7. The van der Waals surface area contributed by atoms with Crippen LogP contribution in [0.1, 0.15) is 41.7 Å². The van der Waals surface area contributed by atoms with Gasteiger partial charge in [-0.1, -0.05) is 129 Å². The Bertz CT molecular complexity index is 2990. The maximum atomic E-state index is 6.38. The van der Waals surface area contributed by atoms with Crippen LogP contribution in [0, 0.1) is 11.8 Å². The number of hydrogen-bond acceptors (Lipinski definition) is 1. The largest absolute Gasteiger partial charge is 0.456 e. The van der Waals surface area contributed by atoms with Crippen molar-refractivity contribution in [1.29, 1.82) is 0 Å². The first-order valence-corrected chi connectivity index (χ1v) is 18.1. The second-order valence-electron chi connectivity index (χ2n) is 15.2. The van der Waals surface area contributed by atoms with Gasteiger partial charge in [0.25, 0.3) is 0 Å². The van der Waals surface area contributed by atoms with E-state index in [4.69, 9.17) is 4.42 Å². The summed E-state index contributed by atoms with van der Waals surface area (Å²) in [6.07, 6.45) is 11.7. The minimum absolute atomic E-state index is 0.179. The molecule has 2 unspecified atom stereocenters. The van der Waals surface area contributed by atoms with Gasteiger partial charge < -0.3 is 8.98 Å². The van der Waals surface area contributed by atoms with E-state index >= 15 is 0 Å². The monoisotopic (exact) mass is 651 g/mol. The van der Waals surface area contributed by atoms with E-state index in [-0.39, 0.29) is 5.41 Å². The van der Waals surface area contributed by atoms with Crippen molar-refractivity contribution >= 4 is 60.5 Å². The third-order valence-electron chi connectivity index (χ3n) is 12.4. The zero-order valence-electron chi connectivity index (χ0n) is 28.4. The standard InChI is InChI=1S/C49H33NO/c1-49(2)39-25-26-41-46(45(39)38-24-27-43-47(48(38)49)37-13-6-8-17-42(37)51-43)36-12-5-7-16-40(36)50(41)29-20-18-28(19-21-29)30-22-23-35-32-11-4-3-10-31(32)34-15-9-14-33(30)44(34)35/h3-27,33,44H,1-2H3. The zero-order valence-corrected chi connectivity index (χ0v) is 28.4. The van der Waals surface area contributed by atoms with Gasteiger partial charge in [0, 0.05) is 44.5 Å². The number of hydrogen-bond donors (Lipinski definition) is 0. The highest BCUT2D eigenvalue weighted by atomic mass is 16.3. The van der Waals surface area contributed by atoms with Crippen molar-refractivity contribution in [3.05, 3.63) is 180 Å². The van der Waals surface area contributed by atoms with E-state index in [9.17, 15) is 0 Å². The molecule has 4 aliphatic rings. The Kier molecular flexibility index (Phi) is 5.19. The van der Waals surface area contributed by atoms with Crippen LogP contribution in [0.25, 0.3) is 77.3 Å². The fraction of sp³-hybridized carbons (Fsp3) is 0.102. The Morgan fingerprint density at radius 3 is 2.14 bits per heavy atom. The van der Waals surface area contributed by atoms with E-state index in [0.717, 1.165) is 11.2 Å². The van der Waals surface area contributed by atoms with Gasteiger partial charge in [-0.3, -0.25) is 0 Å². The van der Waals surface area contributed by atoms with Crippen LogP contribution in [0.3, 0.4) is 0 Å². The topological polar surface area (TPSA) is 18.1 Å². The summed E-state index contributed by atoms with van der Waals surface area (Å²) in [5.41, 5.74) is 19.2. The van der Waals surface area contributed by atoms with Crippen LogP contribution >= 0.6 is 0 Å². The molecule has 0 radical (unpaired) electrons. The van der Waals surface area contributed by atoms with E-state index in [0.29, 0.717) is 11.8 Å². The minimum atomic E-state index is -0.179. The van der Waals surface area contributed by atoms with Gasteiger partial charge >= 0.3 is 0 Å². The first-order valence-electron chi connectivity index (χ1n) is 18.1. The van der Waals surface area contributed by atoms with Crippen LogP contribution in [0.15, 0.2) is 156 Å². The van der Waals surface area contributed by atoms with Crippen LogP contribution in [-0.2, 0) is 5.41 Å². The van der Waals surface area contributed by atoms with Gasteiger partial charge in [-0.25, -0.2) is 0 Å². The highest BCUT2D eigenvalue weighted by Gasteiger charge is 2.41. The van der Waals surface area contributed by atoms with Gasteiger partial charge in [-0.05, 0) is 92.1 Å². The number of furan rings is 1. The van der Waals surface area contributed by atoms with Crippen LogP contribution in [-0.4, -0.2) is 4.57 Å². The molecular formula is C49H33NO. The molecule has 4 aliphatic carbocycles. The molecule has 2 nitrogen and oxygen atoms in total. The van der Waals surface area contributed by atoms with Gasteiger partial charge in [-0.15, -0.1) is 0 Å². The maximum absolute atomic E-state index is 6.38. The van der Waals surface area contributed by atoms with Crippen molar-refractivity contribution in [2.45, 2.75) is 19.3 Å². The predicted molar refractivity (Wildman–Crippen MR) is 212 cm³/mol. The average molecular weight is 652 g/mol. The molecule has 12 rings (SSSR count). The van der Waals surface area contributed by atoms with Crippen LogP contribution in [0.5, 0.6) is 0 Å². The molecule has 0 fully saturated rings. The van der Waals surface area contributed by atoms with Crippen LogP contribution < -0.4 is 0 Å². The Labute approximate surface area is 296 Å². The van der Waals surface area contributed by atoms with Gasteiger partial charge in [0.05, 0.1) is 11.0 Å². The van der Waals surface area contributed by atoms with Crippen molar-refractivity contribution in [2.24, 2.45) is 11.8 Å². The summed E-state index contributed by atoms with van der Waals surface area (Å²) >= 11 is 0. The Morgan fingerprint density at radius 1 is 0.569 bits per heavy atom. The average Bonchev–Trinajstić information content (AvgIpc) is 3.88. The third kappa shape index (κ3) is 3.43. The van der Waals surface area contributed by atoms with Crippen LogP contribution in [0.4, 0.5) is 0 Å². The molecule has 6 aromatic carbocycles. The zero-order chi connectivity index (χ0) is 33.6. The van der Waals surface area contributed by atoms with Gasteiger partial charge in [0.1, 0.15) is 11.2 Å². The molecule has 0 spiro atoms. The van der Waals surface area contributed by atoms with E-state index in [2.05, 4.69) is 170 Å². The smallest absolute Gasteiger partial charge is 0.135 e. The second-order valence-corrected chi connectivity index (χ2v) is 15.2. The van der Waals surface area contributed by atoms with Crippen molar-refractivity contribution in [3.8, 4) is 16.8 Å². The van der Waals surface area contributed by atoms with Crippen molar-refractivity contribution in [1.82, 2.24) is 4.57 Å². The molecule has 0 N–H and O–H groups in total. The minimum Gasteiger partial charge on any atom is -0.456 e. The molecule has 240 valence electrons. The van der Waals surface area contributed by atoms with E-state index in [1.54, 1.807) is 0 Å². The quantitative estimate of drug-likeness (QED) is 0.182. The van der Waals surface area contributed by atoms with Crippen molar-refractivity contribution < 1.29 is 4.42 Å². The van der Waals surface area contributed by atoms with Gasteiger partial charge in [-0.2, -0.15) is 0 Å². The maximum Gasteiger partial charge on any atom is 0.135 e. The van der Waals surface area contributed by atoms with Gasteiger partial charge in [0.15, 0.2) is 0 Å². The summed E-state index contributed by atoms with van der Waals surface area (Å²) in [6, 6.07) is 44.8. The molecule has 2 atom stereocenters. The molecule has 2 heteroatoms. The lowest BCUT2D eigenvalue weighted by Crippen LogP contribution is -2.18. The van der Waals surface area contributed by atoms with Crippen LogP contribution in [0.2, 0.25) is 0 Å². The van der Waals surface area contributed by atoms with Crippen molar-refractivity contribution in [2.75, 3.05) is 0 Å². The molecule has 0 bridgehead atoms. The molecule has 51 heavy (non-hydrogen) atoms. The molecule has 8 aromatic rings. The molecule has 0 amide bonds. The van der Waals surface area contributed by atoms with Crippen molar-refractivity contribution in [3.63, 3.8) is 0 Å². The summed E-state index contributed by atoms with van der Waals surface area (Å²) in [4.78, 5) is 0. The summed E-state index contributed by atoms with van der Waals surface area (Å²) < 4.78 is 8.85. The number of para-hydroxylation sites is 2. The summed E-state index contributed by atoms with van der Waals surface area (Å²) in [5, 5.41) is 5.05. The number of rotatable bonds is 2. The Balaban J connectivity index is 1.03. The van der Waals surface area contributed by atoms with E-state index in [1.807, 2.05) is 0 Å². The number of benzene rings is 6. The van der Waals surface area contributed by atoms with E-state index in [1.165, 1.54) is 93.9 Å². The number of fused-ring (bicyclic) bond motifs is 14. The fourth-order valence-electron chi connectivity index (χ4n) is 10.3. The first-order chi connectivity index (χ1) is 25.1. The molecule has 0 saturated carbocycles. The highest BCUT2D eigenvalue weighted by molar-refractivity contribution is 6.20. The predicted octanol–water partition coefficient (Wildman–Crippen LogP) is 12.7. The second kappa shape index (κ2) is 9.56. The lowest BCUT2D eigenvalue weighted by molar-refractivity contribution is 0.657. The number of nitrogens with zero attached hydrogens (tertiary/aromatic N) is 1. The third-order valence-corrected chi connectivity index (χ3v) is 12.4. The van der Waals surface area contributed by atoms with Gasteiger partial charge in [0.2, 0.25) is 0 Å². The summed E-state index contributed by atoms with van der Waals surface area (Å²) in [5.74, 6) is 0.723. The normalized spacial score (nSPS) is 19.2. The molecule has 0 saturated heterocycles. The Morgan fingerprint density at radius 2 is 1.29 bits per heavy atom. The molecule has 0 aliphatic heterocycles. The molecule has 2 heterocycles.